The van der Waals surface area contributed by atoms with Gasteiger partial charge in [0.2, 0.25) is 5.91 Å². The predicted octanol–water partition coefficient (Wildman–Crippen LogP) is 0.724. The van der Waals surface area contributed by atoms with Crippen LogP contribution in [-0.4, -0.2) is 27.6 Å². The fourth-order valence-electron chi connectivity index (χ4n) is 1.89. The zero-order valence-corrected chi connectivity index (χ0v) is 10.7. The van der Waals surface area contributed by atoms with E-state index in [9.17, 15) is 4.79 Å². The van der Waals surface area contributed by atoms with Gasteiger partial charge in [0.15, 0.2) is 0 Å². The van der Waals surface area contributed by atoms with Gasteiger partial charge in [-0.1, -0.05) is 30.3 Å². The van der Waals surface area contributed by atoms with Crippen molar-refractivity contribution < 1.29 is 4.79 Å². The van der Waals surface area contributed by atoms with Crippen molar-refractivity contribution in [3.63, 3.8) is 0 Å². The normalized spacial score (nSPS) is 13.8. The van der Waals surface area contributed by atoms with E-state index in [0.717, 1.165) is 5.56 Å². The lowest BCUT2D eigenvalue weighted by Crippen LogP contribution is -2.35. The van der Waals surface area contributed by atoms with Crippen molar-refractivity contribution in [3.8, 4) is 0 Å². The highest BCUT2D eigenvalue weighted by molar-refractivity contribution is 5.84. The lowest BCUT2D eigenvalue weighted by Gasteiger charge is -2.18. The van der Waals surface area contributed by atoms with E-state index in [1.165, 1.54) is 6.33 Å². The van der Waals surface area contributed by atoms with Crippen LogP contribution in [0, 0.1) is 0 Å². The van der Waals surface area contributed by atoms with Crippen LogP contribution in [0.1, 0.15) is 30.3 Å². The van der Waals surface area contributed by atoms with Crippen molar-refractivity contribution in [1.29, 1.82) is 0 Å². The van der Waals surface area contributed by atoms with Crippen molar-refractivity contribution in [2.45, 2.75) is 18.9 Å². The Balaban J connectivity index is 2.06. The summed E-state index contributed by atoms with van der Waals surface area (Å²) in [5.74, 6) is 0.154. The zero-order chi connectivity index (χ0) is 13.7. The summed E-state index contributed by atoms with van der Waals surface area (Å²) in [7, 11) is 0. The summed E-state index contributed by atoms with van der Waals surface area (Å²) < 4.78 is 0. The fourth-order valence-corrected chi connectivity index (χ4v) is 1.89. The van der Waals surface area contributed by atoms with E-state index in [1.54, 1.807) is 0 Å². The Hall–Kier alpha value is -2.21. The van der Waals surface area contributed by atoms with Gasteiger partial charge in [0, 0.05) is 6.54 Å². The quantitative estimate of drug-likeness (QED) is 0.737. The van der Waals surface area contributed by atoms with Crippen LogP contribution in [0.4, 0.5) is 0 Å². The molecule has 4 N–H and O–H groups in total. The summed E-state index contributed by atoms with van der Waals surface area (Å²) in [5, 5.41) is 9.37. The molecule has 100 valence electrons. The number of carbonyl (C=O) groups is 1. The molecule has 19 heavy (non-hydrogen) atoms. The molecule has 0 radical (unpaired) electrons. The van der Waals surface area contributed by atoms with Gasteiger partial charge < -0.3 is 11.1 Å². The lowest BCUT2D eigenvalue weighted by atomic mass is 9.98. The standard InChI is InChI=1S/C13H17N5O/c1-9(12-15-8-16-18-12)17-13(19)11(7-14)10-5-3-2-4-6-10/h2-6,8-9,11H,7,14H2,1H3,(H,17,19)(H,15,16,18). The highest BCUT2D eigenvalue weighted by Crippen LogP contribution is 2.16. The van der Waals surface area contributed by atoms with Gasteiger partial charge >= 0.3 is 0 Å². The number of hydrogen-bond donors (Lipinski definition) is 3. The first kappa shape index (κ1) is 13.2. The van der Waals surface area contributed by atoms with Crippen LogP contribution < -0.4 is 11.1 Å². The maximum atomic E-state index is 12.2. The molecular formula is C13H17N5O. The van der Waals surface area contributed by atoms with Gasteiger partial charge in [-0.05, 0) is 12.5 Å². The highest BCUT2D eigenvalue weighted by atomic mass is 16.2. The molecule has 1 aromatic carbocycles. The molecule has 0 spiro atoms. The number of nitrogens with zero attached hydrogens (tertiary/aromatic N) is 2. The molecule has 2 aromatic rings. The second-order valence-electron chi connectivity index (χ2n) is 4.30. The lowest BCUT2D eigenvalue weighted by molar-refractivity contribution is -0.123. The molecule has 0 aliphatic carbocycles. The number of hydrogen-bond acceptors (Lipinski definition) is 4. The maximum absolute atomic E-state index is 12.2. The fraction of sp³-hybridized carbons (Fsp3) is 0.308. The Morgan fingerprint density at radius 1 is 1.42 bits per heavy atom. The van der Waals surface area contributed by atoms with Gasteiger partial charge in [-0.25, -0.2) is 4.98 Å². The second kappa shape index (κ2) is 6.10. The average molecular weight is 259 g/mol. The number of nitrogens with one attached hydrogen (secondary N) is 2. The smallest absolute Gasteiger partial charge is 0.229 e. The van der Waals surface area contributed by atoms with E-state index in [4.69, 9.17) is 5.73 Å². The van der Waals surface area contributed by atoms with Crippen LogP contribution in [0.25, 0.3) is 0 Å². The van der Waals surface area contributed by atoms with E-state index in [2.05, 4.69) is 20.5 Å². The van der Waals surface area contributed by atoms with Crippen molar-refractivity contribution >= 4 is 5.91 Å². The van der Waals surface area contributed by atoms with E-state index in [1.807, 2.05) is 37.3 Å². The van der Waals surface area contributed by atoms with E-state index in [-0.39, 0.29) is 24.4 Å². The molecule has 0 aliphatic heterocycles. The predicted molar refractivity (Wildman–Crippen MR) is 71.2 cm³/mol. The minimum Gasteiger partial charge on any atom is -0.346 e. The van der Waals surface area contributed by atoms with Crippen LogP contribution in [0.5, 0.6) is 0 Å². The van der Waals surface area contributed by atoms with Gasteiger partial charge in [0.25, 0.3) is 0 Å². The molecule has 0 saturated carbocycles. The highest BCUT2D eigenvalue weighted by Gasteiger charge is 2.21. The van der Waals surface area contributed by atoms with Crippen LogP contribution in [-0.2, 0) is 4.79 Å². The summed E-state index contributed by atoms with van der Waals surface area (Å²) in [5.41, 5.74) is 6.61. The number of carbonyl (C=O) groups excluding carboxylic acids is 1. The largest absolute Gasteiger partial charge is 0.346 e. The number of nitrogens with two attached hydrogens (primary N) is 1. The number of aromatic amines is 1. The van der Waals surface area contributed by atoms with Crippen molar-refractivity contribution in [1.82, 2.24) is 20.5 Å². The number of benzene rings is 1. The molecule has 2 unspecified atom stereocenters. The monoisotopic (exact) mass is 259 g/mol. The molecular weight excluding hydrogens is 242 g/mol. The molecule has 1 aromatic heterocycles. The van der Waals surface area contributed by atoms with Crippen LogP contribution in [0.3, 0.4) is 0 Å². The maximum Gasteiger partial charge on any atom is 0.229 e. The summed E-state index contributed by atoms with van der Waals surface area (Å²) >= 11 is 0. The molecule has 0 saturated heterocycles. The molecule has 6 nitrogen and oxygen atoms in total. The SMILES string of the molecule is CC(NC(=O)C(CN)c1ccccc1)c1ncn[nH]1. The number of rotatable bonds is 5. The first-order valence-corrected chi connectivity index (χ1v) is 6.13. The van der Waals surface area contributed by atoms with E-state index < -0.39 is 0 Å². The Morgan fingerprint density at radius 2 is 2.16 bits per heavy atom. The van der Waals surface area contributed by atoms with Gasteiger partial charge in [0.05, 0.1) is 12.0 Å². The summed E-state index contributed by atoms with van der Waals surface area (Å²) in [4.78, 5) is 16.2. The topological polar surface area (TPSA) is 96.7 Å². The molecule has 1 amide bonds. The average Bonchev–Trinajstić information content (AvgIpc) is 2.94. The Kier molecular flexibility index (Phi) is 4.25. The molecule has 0 fully saturated rings. The van der Waals surface area contributed by atoms with Crippen LogP contribution >= 0.6 is 0 Å². The van der Waals surface area contributed by atoms with Crippen molar-refractivity contribution in [3.05, 3.63) is 48.0 Å². The minimum atomic E-state index is -0.355. The summed E-state index contributed by atoms with van der Waals surface area (Å²) in [6, 6.07) is 9.27. The zero-order valence-electron chi connectivity index (χ0n) is 10.7. The number of H-pyrrole nitrogens is 1. The molecule has 1 heterocycles. The number of aromatic nitrogens is 3. The molecule has 0 aliphatic rings. The Labute approximate surface area is 111 Å². The third-order valence-corrected chi connectivity index (χ3v) is 2.96. The van der Waals surface area contributed by atoms with Crippen LogP contribution in [0.2, 0.25) is 0 Å². The minimum absolute atomic E-state index is 0.113. The van der Waals surface area contributed by atoms with Crippen molar-refractivity contribution in [2.24, 2.45) is 5.73 Å². The van der Waals surface area contributed by atoms with Gasteiger partial charge in [-0.2, -0.15) is 5.10 Å². The van der Waals surface area contributed by atoms with E-state index >= 15 is 0 Å². The molecule has 2 rings (SSSR count). The Morgan fingerprint density at radius 3 is 2.74 bits per heavy atom. The van der Waals surface area contributed by atoms with Crippen molar-refractivity contribution in [2.75, 3.05) is 6.54 Å². The summed E-state index contributed by atoms with van der Waals surface area (Å²) in [6.07, 6.45) is 1.41. The molecule has 0 bridgehead atoms. The van der Waals surface area contributed by atoms with Crippen LogP contribution in [0.15, 0.2) is 36.7 Å². The number of amides is 1. The van der Waals surface area contributed by atoms with E-state index in [0.29, 0.717) is 5.82 Å². The van der Waals surface area contributed by atoms with Gasteiger partial charge in [0.1, 0.15) is 12.2 Å². The third kappa shape index (κ3) is 3.17. The molecule has 6 heteroatoms. The van der Waals surface area contributed by atoms with Gasteiger partial charge in [-0.15, -0.1) is 0 Å². The summed E-state index contributed by atoms with van der Waals surface area (Å²) in [6.45, 7) is 2.11. The third-order valence-electron chi connectivity index (χ3n) is 2.96. The van der Waals surface area contributed by atoms with Gasteiger partial charge in [-0.3, -0.25) is 9.89 Å². The second-order valence-corrected chi connectivity index (χ2v) is 4.30. The first-order valence-electron chi connectivity index (χ1n) is 6.13. The molecule has 2 atom stereocenters. The Bertz CT molecular complexity index is 511. The first-order chi connectivity index (χ1) is 9.22.